The van der Waals surface area contributed by atoms with Gasteiger partial charge in [0.1, 0.15) is 5.75 Å². The van der Waals surface area contributed by atoms with Crippen LogP contribution in [0.25, 0.3) is 11.5 Å². The van der Waals surface area contributed by atoms with Gasteiger partial charge in [0.15, 0.2) is 0 Å². The lowest BCUT2D eigenvalue weighted by Crippen LogP contribution is -2.46. The number of hydrogen-bond acceptors (Lipinski definition) is 6. The molecule has 0 unspecified atom stereocenters. The van der Waals surface area contributed by atoms with E-state index in [0.29, 0.717) is 24.1 Å². The number of phenols is 1. The second-order valence-electron chi connectivity index (χ2n) is 6.23. The lowest BCUT2D eigenvalue weighted by molar-refractivity contribution is 0.226. The molecule has 1 aromatic heterocycles. The predicted molar refractivity (Wildman–Crippen MR) is 103 cm³/mol. The minimum absolute atomic E-state index is 0.330. The van der Waals surface area contributed by atoms with Crippen LogP contribution < -0.4 is 4.90 Å². The van der Waals surface area contributed by atoms with E-state index >= 15 is 0 Å². The molecule has 6 nitrogen and oxygen atoms in total. The maximum atomic E-state index is 10.0. The fourth-order valence-corrected chi connectivity index (χ4v) is 3.59. The number of aromatic hydroxyl groups is 1. The van der Waals surface area contributed by atoms with Gasteiger partial charge >= 0.3 is 0 Å². The minimum Gasteiger partial charge on any atom is -0.506 e. The van der Waals surface area contributed by atoms with E-state index in [4.69, 9.17) is 4.42 Å². The van der Waals surface area contributed by atoms with Crippen molar-refractivity contribution in [3.8, 4) is 17.2 Å². The highest BCUT2D eigenvalue weighted by atomic mass is 79.9. The van der Waals surface area contributed by atoms with Gasteiger partial charge in [-0.3, -0.25) is 4.90 Å². The quantitative estimate of drug-likeness (QED) is 0.704. The van der Waals surface area contributed by atoms with Crippen LogP contribution in [0.4, 0.5) is 5.69 Å². The Morgan fingerprint density at radius 2 is 1.69 bits per heavy atom. The Kier molecular flexibility index (Phi) is 4.90. The number of anilines is 1. The molecule has 134 valence electrons. The highest BCUT2D eigenvalue weighted by Crippen LogP contribution is 2.28. The summed E-state index contributed by atoms with van der Waals surface area (Å²) in [5.74, 6) is 1.48. The van der Waals surface area contributed by atoms with Crippen molar-refractivity contribution in [3.05, 3.63) is 58.9 Å². The van der Waals surface area contributed by atoms with Gasteiger partial charge in [0.05, 0.1) is 17.8 Å². The summed E-state index contributed by atoms with van der Waals surface area (Å²) in [7, 11) is 0. The topological polar surface area (TPSA) is 65.6 Å². The first-order valence-corrected chi connectivity index (χ1v) is 9.32. The van der Waals surface area contributed by atoms with Crippen molar-refractivity contribution < 1.29 is 9.52 Å². The van der Waals surface area contributed by atoms with Gasteiger partial charge in [0.2, 0.25) is 11.8 Å². The maximum Gasteiger partial charge on any atom is 0.248 e. The Balaban J connectivity index is 1.38. The van der Waals surface area contributed by atoms with Gasteiger partial charge in [-0.25, -0.2) is 0 Å². The average Bonchev–Trinajstić information content (AvgIpc) is 3.11. The third kappa shape index (κ3) is 3.59. The molecule has 1 aliphatic heterocycles. The molecule has 0 spiro atoms. The van der Waals surface area contributed by atoms with Crippen molar-refractivity contribution in [2.75, 3.05) is 31.1 Å². The van der Waals surface area contributed by atoms with Gasteiger partial charge < -0.3 is 14.4 Å². The molecule has 0 amide bonds. The van der Waals surface area contributed by atoms with Crippen LogP contribution in [-0.2, 0) is 6.54 Å². The lowest BCUT2D eigenvalue weighted by atomic mass is 10.2. The number of hydrogen-bond donors (Lipinski definition) is 1. The third-order valence-electron chi connectivity index (χ3n) is 4.52. The average molecular weight is 415 g/mol. The summed E-state index contributed by atoms with van der Waals surface area (Å²) in [5, 5.41) is 18.4. The van der Waals surface area contributed by atoms with Crippen LogP contribution in [0.2, 0.25) is 0 Å². The van der Waals surface area contributed by atoms with Gasteiger partial charge in [-0.1, -0.05) is 24.3 Å². The van der Waals surface area contributed by atoms with E-state index in [1.165, 1.54) is 0 Å². The highest BCUT2D eigenvalue weighted by molar-refractivity contribution is 9.10. The molecule has 7 heteroatoms. The van der Waals surface area contributed by atoms with Gasteiger partial charge in [-0.2, -0.15) is 0 Å². The highest BCUT2D eigenvalue weighted by Gasteiger charge is 2.21. The van der Waals surface area contributed by atoms with Crippen LogP contribution in [0.15, 0.2) is 57.4 Å². The first-order chi connectivity index (χ1) is 12.7. The molecular formula is C19H19BrN4O2. The maximum absolute atomic E-state index is 10.0. The predicted octanol–water partition coefficient (Wildman–Crippen LogP) is 3.53. The largest absolute Gasteiger partial charge is 0.506 e. The van der Waals surface area contributed by atoms with Crippen LogP contribution >= 0.6 is 15.9 Å². The van der Waals surface area contributed by atoms with Gasteiger partial charge in [0.25, 0.3) is 0 Å². The Hall–Kier alpha value is -2.38. The molecule has 1 fully saturated rings. The van der Waals surface area contributed by atoms with Gasteiger partial charge in [0, 0.05) is 30.7 Å². The van der Waals surface area contributed by atoms with Crippen molar-refractivity contribution >= 4 is 21.6 Å². The third-order valence-corrected chi connectivity index (χ3v) is 5.22. The van der Waals surface area contributed by atoms with E-state index in [2.05, 4.69) is 35.9 Å². The normalized spacial score (nSPS) is 15.3. The summed E-state index contributed by atoms with van der Waals surface area (Å²) < 4.78 is 6.77. The van der Waals surface area contributed by atoms with E-state index in [1.807, 2.05) is 42.5 Å². The molecular weight excluding hydrogens is 396 g/mol. The Bertz CT molecular complexity index is 891. The van der Waals surface area contributed by atoms with Gasteiger partial charge in [-0.15, -0.1) is 10.2 Å². The molecule has 3 aromatic rings. The van der Waals surface area contributed by atoms with E-state index in [-0.39, 0.29) is 0 Å². The zero-order chi connectivity index (χ0) is 17.9. The van der Waals surface area contributed by atoms with Crippen molar-refractivity contribution in [2.24, 2.45) is 0 Å². The number of halogens is 1. The van der Waals surface area contributed by atoms with Crippen LogP contribution in [0.1, 0.15) is 5.89 Å². The number of aromatic nitrogens is 2. The number of rotatable bonds is 4. The molecule has 0 saturated carbocycles. The van der Waals surface area contributed by atoms with Crippen LogP contribution in [-0.4, -0.2) is 46.4 Å². The number of nitrogens with zero attached hydrogens (tertiary/aromatic N) is 4. The molecule has 2 aromatic carbocycles. The fraction of sp³-hybridized carbons (Fsp3) is 0.263. The molecule has 1 saturated heterocycles. The zero-order valence-corrected chi connectivity index (χ0v) is 15.8. The summed E-state index contributed by atoms with van der Waals surface area (Å²) in [6.45, 7) is 4.08. The van der Waals surface area contributed by atoms with Crippen molar-refractivity contribution in [2.45, 2.75) is 6.54 Å². The second kappa shape index (κ2) is 7.47. The summed E-state index contributed by atoms with van der Waals surface area (Å²) in [5.41, 5.74) is 1.79. The molecule has 1 aliphatic rings. The standard InChI is InChI=1S/C19H19BrN4O2/c20-15-6-2-1-5-14(15)19-22-21-18(26-19)13-23-9-11-24(12-10-23)16-7-3-4-8-17(16)25/h1-8,25H,9-13H2. The number of benzene rings is 2. The minimum atomic E-state index is 0.330. The molecule has 4 rings (SSSR count). The molecule has 0 radical (unpaired) electrons. The van der Waals surface area contributed by atoms with Crippen LogP contribution in [0.3, 0.4) is 0 Å². The van der Waals surface area contributed by atoms with Crippen molar-refractivity contribution in [3.63, 3.8) is 0 Å². The summed E-state index contributed by atoms with van der Waals surface area (Å²) in [6, 6.07) is 15.3. The van der Waals surface area contributed by atoms with E-state index in [9.17, 15) is 5.11 Å². The second-order valence-corrected chi connectivity index (χ2v) is 7.09. The fourth-order valence-electron chi connectivity index (χ4n) is 3.13. The smallest absolute Gasteiger partial charge is 0.248 e. The number of piperazine rings is 1. The molecule has 2 heterocycles. The Morgan fingerprint density at radius 1 is 0.962 bits per heavy atom. The molecule has 0 aliphatic carbocycles. The molecule has 0 atom stereocenters. The first kappa shape index (κ1) is 17.1. The summed E-state index contributed by atoms with van der Waals surface area (Å²) >= 11 is 3.51. The summed E-state index contributed by atoms with van der Waals surface area (Å²) in [4.78, 5) is 4.49. The van der Waals surface area contributed by atoms with Crippen LogP contribution in [0, 0.1) is 0 Å². The van der Waals surface area contributed by atoms with Crippen molar-refractivity contribution in [1.29, 1.82) is 0 Å². The first-order valence-electron chi connectivity index (χ1n) is 8.53. The zero-order valence-electron chi connectivity index (χ0n) is 14.2. The molecule has 1 N–H and O–H groups in total. The van der Waals surface area contributed by atoms with E-state index in [0.717, 1.165) is 41.9 Å². The Labute approximate surface area is 160 Å². The Morgan fingerprint density at radius 3 is 2.46 bits per heavy atom. The van der Waals surface area contributed by atoms with E-state index in [1.54, 1.807) is 6.07 Å². The van der Waals surface area contributed by atoms with Gasteiger partial charge in [-0.05, 0) is 40.2 Å². The summed E-state index contributed by atoms with van der Waals surface area (Å²) in [6.07, 6.45) is 0. The molecule has 26 heavy (non-hydrogen) atoms. The lowest BCUT2D eigenvalue weighted by Gasteiger charge is -2.35. The monoisotopic (exact) mass is 414 g/mol. The number of phenolic OH excluding ortho intramolecular Hbond substituents is 1. The van der Waals surface area contributed by atoms with Crippen molar-refractivity contribution in [1.82, 2.24) is 15.1 Å². The SMILES string of the molecule is Oc1ccccc1N1CCN(Cc2nnc(-c3ccccc3Br)o2)CC1. The van der Waals surface area contributed by atoms with E-state index < -0.39 is 0 Å². The van der Waals surface area contributed by atoms with Crippen LogP contribution in [0.5, 0.6) is 5.75 Å². The number of para-hydroxylation sites is 2. The molecule has 0 bridgehead atoms.